The largest absolute Gasteiger partial charge is 0.375 e. The molecule has 16 heavy (non-hydrogen) atoms. The first kappa shape index (κ1) is 11.5. The molecule has 1 unspecified atom stereocenters. The molecule has 0 spiro atoms. The van der Waals surface area contributed by atoms with Crippen LogP contribution in [0.15, 0.2) is 29.2 Å². The van der Waals surface area contributed by atoms with E-state index in [1.54, 1.807) is 0 Å². The van der Waals surface area contributed by atoms with Gasteiger partial charge < -0.3 is 10.1 Å². The van der Waals surface area contributed by atoms with Gasteiger partial charge in [0.25, 0.3) is 0 Å². The van der Waals surface area contributed by atoms with Crippen LogP contribution in [-0.2, 0) is 9.53 Å². The van der Waals surface area contributed by atoms with Crippen LogP contribution in [-0.4, -0.2) is 25.4 Å². The summed E-state index contributed by atoms with van der Waals surface area (Å²) in [5.41, 5.74) is 1.23. The molecule has 1 amide bonds. The zero-order valence-electron chi connectivity index (χ0n) is 9.23. The second kappa shape index (κ2) is 5.37. The smallest absolute Gasteiger partial charge is 0.246 e. The molecule has 86 valence electrons. The minimum absolute atomic E-state index is 0.0470. The van der Waals surface area contributed by atoms with Crippen LogP contribution in [0.3, 0.4) is 0 Å². The van der Waals surface area contributed by atoms with Gasteiger partial charge in [-0.05, 0) is 18.1 Å². The van der Waals surface area contributed by atoms with E-state index in [2.05, 4.69) is 17.4 Å². The summed E-state index contributed by atoms with van der Waals surface area (Å²) in [6, 6.07) is 8.37. The van der Waals surface area contributed by atoms with Crippen LogP contribution in [0.4, 0.5) is 0 Å². The summed E-state index contributed by atoms with van der Waals surface area (Å²) in [6.45, 7) is 0.131. The van der Waals surface area contributed by atoms with Gasteiger partial charge in [-0.25, -0.2) is 0 Å². The number of benzene rings is 1. The fraction of sp³-hybridized carbons (Fsp3) is 0.417. The Hall–Kier alpha value is -1.00. The topological polar surface area (TPSA) is 38.3 Å². The number of nitrogens with one attached hydrogen (secondary N) is 1. The molecule has 1 heterocycles. The van der Waals surface area contributed by atoms with Gasteiger partial charge in [-0.2, -0.15) is 0 Å². The molecule has 1 aromatic rings. The van der Waals surface area contributed by atoms with E-state index < -0.39 is 0 Å². The van der Waals surface area contributed by atoms with Gasteiger partial charge in [0, 0.05) is 17.8 Å². The van der Waals surface area contributed by atoms with E-state index in [4.69, 9.17) is 4.74 Å². The number of carbonyl (C=O) groups excluding carboxylic acids is 1. The van der Waals surface area contributed by atoms with E-state index in [-0.39, 0.29) is 18.6 Å². The Morgan fingerprint density at radius 3 is 3.19 bits per heavy atom. The monoisotopic (exact) mass is 237 g/mol. The molecule has 1 N–H and O–H groups in total. The third kappa shape index (κ3) is 2.57. The first-order chi connectivity index (χ1) is 7.81. The lowest BCUT2D eigenvalue weighted by Crippen LogP contribution is -2.33. The summed E-state index contributed by atoms with van der Waals surface area (Å²) >= 11 is 1.85. The molecule has 3 nitrogen and oxygen atoms in total. The van der Waals surface area contributed by atoms with Crippen LogP contribution in [0.2, 0.25) is 0 Å². The number of hydrogen-bond acceptors (Lipinski definition) is 3. The maximum Gasteiger partial charge on any atom is 0.246 e. The maximum atomic E-state index is 11.5. The number of fused-ring (bicyclic) bond motifs is 1. The number of thioether (sulfide) groups is 1. The number of hydrogen-bond donors (Lipinski definition) is 1. The lowest BCUT2D eigenvalue weighted by molar-refractivity contribution is -0.125. The molecule has 1 aliphatic heterocycles. The van der Waals surface area contributed by atoms with E-state index >= 15 is 0 Å². The Balaban J connectivity index is 2.10. The zero-order chi connectivity index (χ0) is 11.4. The second-order valence-electron chi connectivity index (χ2n) is 3.73. The lowest BCUT2D eigenvalue weighted by atomic mass is 10.0. The minimum atomic E-state index is -0.0470. The highest BCUT2D eigenvalue weighted by atomic mass is 32.2. The first-order valence-electron chi connectivity index (χ1n) is 5.31. The third-order valence-corrected chi connectivity index (χ3v) is 3.69. The Bertz CT molecular complexity index is 381. The quantitative estimate of drug-likeness (QED) is 0.873. The van der Waals surface area contributed by atoms with Crippen molar-refractivity contribution in [1.82, 2.24) is 5.32 Å². The van der Waals surface area contributed by atoms with E-state index in [1.807, 2.05) is 23.9 Å². The highest BCUT2D eigenvalue weighted by molar-refractivity contribution is 7.99. The molecule has 1 aliphatic rings. The van der Waals surface area contributed by atoms with Gasteiger partial charge in [0.2, 0.25) is 5.91 Å². The Morgan fingerprint density at radius 2 is 2.38 bits per heavy atom. The lowest BCUT2D eigenvalue weighted by Gasteiger charge is -2.25. The predicted molar refractivity (Wildman–Crippen MR) is 64.5 cm³/mol. The van der Waals surface area contributed by atoms with Crippen molar-refractivity contribution in [3.8, 4) is 0 Å². The summed E-state index contributed by atoms with van der Waals surface area (Å²) < 4.78 is 4.82. The molecule has 4 heteroatoms. The normalized spacial score (nSPS) is 18.9. The zero-order valence-corrected chi connectivity index (χ0v) is 10.0. The molecule has 2 rings (SSSR count). The number of methoxy groups -OCH3 is 1. The Morgan fingerprint density at radius 1 is 1.56 bits per heavy atom. The molecule has 1 aromatic carbocycles. The predicted octanol–water partition coefficient (Wildman–Crippen LogP) is 1.99. The molecule has 0 bridgehead atoms. The number of ether oxygens (including phenoxy) is 1. The average molecular weight is 237 g/mol. The van der Waals surface area contributed by atoms with E-state index in [1.165, 1.54) is 17.6 Å². The number of rotatable bonds is 3. The van der Waals surface area contributed by atoms with E-state index in [9.17, 15) is 4.79 Å². The summed E-state index contributed by atoms with van der Waals surface area (Å²) in [5, 5.41) is 3.00. The molecule has 0 saturated heterocycles. The van der Waals surface area contributed by atoms with Crippen molar-refractivity contribution in [3.05, 3.63) is 29.8 Å². The summed E-state index contributed by atoms with van der Waals surface area (Å²) in [5.74, 6) is 1.00. The fourth-order valence-corrected chi connectivity index (χ4v) is 2.98. The van der Waals surface area contributed by atoms with Crippen LogP contribution in [0.25, 0.3) is 0 Å². The third-order valence-electron chi connectivity index (χ3n) is 2.57. The highest BCUT2D eigenvalue weighted by Gasteiger charge is 2.21. The van der Waals surface area contributed by atoms with Crippen molar-refractivity contribution in [2.24, 2.45) is 0 Å². The van der Waals surface area contributed by atoms with Gasteiger partial charge in [0.1, 0.15) is 6.61 Å². The maximum absolute atomic E-state index is 11.5. The molecule has 0 radical (unpaired) electrons. The first-order valence-corrected chi connectivity index (χ1v) is 6.30. The minimum Gasteiger partial charge on any atom is -0.375 e. The van der Waals surface area contributed by atoms with Gasteiger partial charge >= 0.3 is 0 Å². The fourth-order valence-electron chi connectivity index (χ4n) is 1.86. The molecule has 0 aliphatic carbocycles. The van der Waals surface area contributed by atoms with Crippen molar-refractivity contribution in [1.29, 1.82) is 0 Å². The summed E-state index contributed by atoms with van der Waals surface area (Å²) in [6.07, 6.45) is 0.983. The Kier molecular flexibility index (Phi) is 3.85. The van der Waals surface area contributed by atoms with Crippen LogP contribution in [0.1, 0.15) is 18.0 Å². The molecular weight excluding hydrogens is 222 g/mol. The molecular formula is C12H15NO2S. The van der Waals surface area contributed by atoms with Gasteiger partial charge in [-0.3, -0.25) is 4.79 Å². The second-order valence-corrected chi connectivity index (χ2v) is 4.86. The van der Waals surface area contributed by atoms with Crippen molar-refractivity contribution in [2.45, 2.75) is 17.4 Å². The van der Waals surface area contributed by atoms with Gasteiger partial charge in [0.05, 0.1) is 6.04 Å². The molecule has 0 fully saturated rings. The van der Waals surface area contributed by atoms with Gasteiger partial charge in [-0.15, -0.1) is 11.8 Å². The van der Waals surface area contributed by atoms with Gasteiger partial charge in [0.15, 0.2) is 0 Å². The number of carbonyl (C=O) groups is 1. The van der Waals surface area contributed by atoms with Crippen molar-refractivity contribution in [3.63, 3.8) is 0 Å². The average Bonchev–Trinajstić information content (AvgIpc) is 2.30. The highest BCUT2D eigenvalue weighted by Crippen LogP contribution is 2.35. The van der Waals surface area contributed by atoms with Crippen LogP contribution >= 0.6 is 11.8 Å². The SMILES string of the molecule is COCC(=O)NC1CCSc2ccccc21. The summed E-state index contributed by atoms with van der Waals surface area (Å²) in [4.78, 5) is 12.8. The van der Waals surface area contributed by atoms with Crippen molar-refractivity contribution < 1.29 is 9.53 Å². The van der Waals surface area contributed by atoms with Crippen LogP contribution < -0.4 is 5.32 Å². The number of amides is 1. The van der Waals surface area contributed by atoms with E-state index in [0.29, 0.717) is 0 Å². The van der Waals surface area contributed by atoms with Crippen LogP contribution in [0, 0.1) is 0 Å². The van der Waals surface area contributed by atoms with Crippen molar-refractivity contribution in [2.75, 3.05) is 19.5 Å². The van der Waals surface area contributed by atoms with Crippen molar-refractivity contribution >= 4 is 17.7 Å². The van der Waals surface area contributed by atoms with Crippen LogP contribution in [0.5, 0.6) is 0 Å². The Labute approximate surface area is 99.6 Å². The standard InChI is InChI=1S/C12H15NO2S/c1-15-8-12(14)13-10-6-7-16-11-5-3-2-4-9(10)11/h2-5,10H,6-8H2,1H3,(H,13,14). The van der Waals surface area contributed by atoms with Gasteiger partial charge in [-0.1, -0.05) is 18.2 Å². The van der Waals surface area contributed by atoms with E-state index in [0.717, 1.165) is 12.2 Å². The molecule has 0 saturated carbocycles. The summed E-state index contributed by atoms with van der Waals surface area (Å²) in [7, 11) is 1.53. The molecule has 0 aromatic heterocycles. The molecule has 1 atom stereocenters.